The van der Waals surface area contributed by atoms with E-state index in [0.717, 1.165) is 16.8 Å². The van der Waals surface area contributed by atoms with Crippen molar-refractivity contribution in [3.63, 3.8) is 0 Å². The van der Waals surface area contributed by atoms with Crippen molar-refractivity contribution >= 4 is 40.6 Å². The van der Waals surface area contributed by atoms with Crippen molar-refractivity contribution in [2.75, 3.05) is 20.3 Å². The highest BCUT2D eigenvalue weighted by molar-refractivity contribution is 8.18. The Bertz CT molecular complexity index is 1260. The second-order valence-electron chi connectivity index (χ2n) is 7.65. The van der Waals surface area contributed by atoms with Crippen molar-refractivity contribution in [1.82, 2.24) is 4.90 Å². The summed E-state index contributed by atoms with van der Waals surface area (Å²) in [5.41, 5.74) is 2.63. The number of carbonyl (C=O) groups excluding carboxylic acids is 1. The number of carbonyl (C=O) groups is 2. The molecular weight excluding hydrogens is 464 g/mol. The summed E-state index contributed by atoms with van der Waals surface area (Å²) in [6.45, 7) is 1.08. The van der Waals surface area contributed by atoms with Gasteiger partial charge in [-0.05, 0) is 65.4 Å². The van der Waals surface area contributed by atoms with Crippen molar-refractivity contribution in [2.24, 2.45) is 4.99 Å². The number of carboxylic acid groups (broad SMARTS) is 1. The van der Waals surface area contributed by atoms with E-state index in [9.17, 15) is 9.59 Å². The van der Waals surface area contributed by atoms with Crippen LogP contribution in [0, 0.1) is 0 Å². The zero-order chi connectivity index (χ0) is 24.6. The molecule has 178 valence electrons. The van der Waals surface area contributed by atoms with Crippen molar-refractivity contribution in [3.05, 3.63) is 100 Å². The summed E-state index contributed by atoms with van der Waals surface area (Å²) in [4.78, 5) is 31.0. The molecule has 1 aliphatic heterocycles. The van der Waals surface area contributed by atoms with Crippen LogP contribution in [0.1, 0.15) is 21.5 Å². The van der Waals surface area contributed by atoms with Crippen LogP contribution in [0.3, 0.4) is 0 Å². The third-order valence-corrected chi connectivity index (χ3v) is 6.15. The molecule has 1 saturated heterocycles. The number of amidine groups is 1. The molecule has 0 radical (unpaired) electrons. The summed E-state index contributed by atoms with van der Waals surface area (Å²) in [6, 6.07) is 23.5. The van der Waals surface area contributed by atoms with E-state index in [0.29, 0.717) is 29.0 Å². The van der Waals surface area contributed by atoms with Gasteiger partial charge in [-0.25, -0.2) is 9.79 Å². The Morgan fingerprint density at radius 1 is 1.06 bits per heavy atom. The number of thioether (sulfide) groups is 1. The van der Waals surface area contributed by atoms with Gasteiger partial charge in [0.15, 0.2) is 5.17 Å². The number of hydrogen-bond acceptors (Lipinski definition) is 6. The maximum absolute atomic E-state index is 13.1. The highest BCUT2D eigenvalue weighted by Crippen LogP contribution is 2.34. The molecule has 0 spiro atoms. The lowest BCUT2D eigenvalue weighted by molar-refractivity contribution is -0.122. The Balaban J connectivity index is 1.46. The molecule has 1 N–H and O–H groups in total. The summed E-state index contributed by atoms with van der Waals surface area (Å²) in [6.07, 6.45) is 1.83. The van der Waals surface area contributed by atoms with E-state index in [1.54, 1.807) is 30.2 Å². The number of ether oxygens (including phenoxy) is 2. The van der Waals surface area contributed by atoms with E-state index in [1.807, 2.05) is 66.7 Å². The molecule has 3 aromatic carbocycles. The molecule has 4 rings (SSSR count). The van der Waals surface area contributed by atoms with Gasteiger partial charge in [0.25, 0.3) is 5.91 Å². The van der Waals surface area contributed by atoms with Crippen LogP contribution in [0.25, 0.3) is 6.08 Å². The Morgan fingerprint density at radius 2 is 1.83 bits per heavy atom. The molecule has 1 amide bonds. The van der Waals surface area contributed by atoms with Crippen LogP contribution >= 0.6 is 11.8 Å². The molecule has 0 bridgehead atoms. The quantitative estimate of drug-likeness (QED) is 0.416. The minimum absolute atomic E-state index is 0.111. The Morgan fingerprint density at radius 3 is 2.54 bits per heavy atom. The molecule has 7 nitrogen and oxygen atoms in total. The SMILES string of the molecule is COCCN1C(=O)/C(=C\c2ccc(OCc3cccc(C(=O)O)c3)cc2)SC1=Nc1ccccc1. The number of hydrogen-bond donors (Lipinski definition) is 1. The molecular formula is C27H24N2O5S. The van der Waals surface area contributed by atoms with Crippen LogP contribution in [0.5, 0.6) is 5.75 Å². The lowest BCUT2D eigenvalue weighted by Crippen LogP contribution is -2.32. The number of benzene rings is 3. The maximum atomic E-state index is 13.1. The van der Waals surface area contributed by atoms with Gasteiger partial charge < -0.3 is 14.6 Å². The van der Waals surface area contributed by atoms with Crippen molar-refractivity contribution in [1.29, 1.82) is 0 Å². The van der Waals surface area contributed by atoms with Crippen LogP contribution in [-0.2, 0) is 16.1 Å². The largest absolute Gasteiger partial charge is 0.489 e. The van der Waals surface area contributed by atoms with Crippen LogP contribution < -0.4 is 4.74 Å². The third-order valence-electron chi connectivity index (χ3n) is 5.15. The van der Waals surface area contributed by atoms with Gasteiger partial charge in [-0.3, -0.25) is 9.69 Å². The van der Waals surface area contributed by atoms with Crippen LogP contribution in [0.2, 0.25) is 0 Å². The normalized spacial score (nSPS) is 15.7. The third kappa shape index (κ3) is 6.38. The number of carboxylic acids is 1. The predicted molar refractivity (Wildman–Crippen MR) is 137 cm³/mol. The van der Waals surface area contributed by atoms with Crippen molar-refractivity contribution in [2.45, 2.75) is 6.61 Å². The molecule has 0 aromatic heterocycles. The first kappa shape index (κ1) is 24.3. The molecule has 35 heavy (non-hydrogen) atoms. The highest BCUT2D eigenvalue weighted by atomic mass is 32.2. The zero-order valence-corrected chi connectivity index (χ0v) is 19.9. The van der Waals surface area contributed by atoms with Gasteiger partial charge in [0, 0.05) is 7.11 Å². The first-order chi connectivity index (χ1) is 17.0. The van der Waals surface area contributed by atoms with E-state index in [4.69, 9.17) is 14.6 Å². The van der Waals surface area contributed by atoms with Crippen LogP contribution in [0.15, 0.2) is 88.8 Å². The van der Waals surface area contributed by atoms with Gasteiger partial charge in [0.2, 0.25) is 0 Å². The van der Waals surface area contributed by atoms with Crippen molar-refractivity contribution < 1.29 is 24.2 Å². The van der Waals surface area contributed by atoms with Gasteiger partial charge in [0.05, 0.1) is 29.3 Å². The second-order valence-corrected chi connectivity index (χ2v) is 8.66. The molecule has 1 aliphatic rings. The lowest BCUT2D eigenvalue weighted by Gasteiger charge is -2.14. The average Bonchev–Trinajstić information content (AvgIpc) is 3.16. The monoisotopic (exact) mass is 488 g/mol. The summed E-state index contributed by atoms with van der Waals surface area (Å²) >= 11 is 1.34. The standard InChI is InChI=1S/C27H24N2O5S/c1-33-15-14-29-25(30)24(35-27(29)28-22-8-3-2-4-9-22)17-19-10-12-23(13-11-19)34-18-20-6-5-7-21(16-20)26(31)32/h2-13,16-17H,14-15,18H2,1H3,(H,31,32)/b24-17+,28-27?. The molecule has 0 unspecified atom stereocenters. The predicted octanol–water partition coefficient (Wildman–Crippen LogP) is 5.21. The fourth-order valence-corrected chi connectivity index (χ4v) is 4.38. The maximum Gasteiger partial charge on any atom is 0.335 e. The molecule has 1 heterocycles. The zero-order valence-electron chi connectivity index (χ0n) is 19.1. The van der Waals surface area contributed by atoms with Gasteiger partial charge in [0.1, 0.15) is 12.4 Å². The Kier molecular flexibility index (Phi) is 7.97. The molecule has 0 saturated carbocycles. The Hall–Kier alpha value is -3.88. The second kappa shape index (κ2) is 11.5. The van der Waals surface area contributed by atoms with Crippen molar-refractivity contribution in [3.8, 4) is 5.75 Å². The highest BCUT2D eigenvalue weighted by Gasteiger charge is 2.33. The summed E-state index contributed by atoms with van der Waals surface area (Å²) in [5, 5.41) is 9.74. The van der Waals surface area contributed by atoms with E-state index >= 15 is 0 Å². The number of aliphatic imine (C=N–C) groups is 1. The van der Waals surface area contributed by atoms with E-state index < -0.39 is 5.97 Å². The van der Waals surface area contributed by atoms with Gasteiger partial charge >= 0.3 is 5.97 Å². The first-order valence-electron chi connectivity index (χ1n) is 10.9. The summed E-state index contributed by atoms with van der Waals surface area (Å²) in [5.74, 6) is -0.437. The number of aromatic carboxylic acids is 1. The minimum atomic E-state index is -0.971. The van der Waals surface area contributed by atoms with Gasteiger partial charge in [-0.15, -0.1) is 0 Å². The average molecular weight is 489 g/mol. The summed E-state index contributed by atoms with van der Waals surface area (Å²) in [7, 11) is 1.60. The van der Waals surface area contributed by atoms with E-state index in [1.165, 1.54) is 11.8 Å². The molecule has 8 heteroatoms. The topological polar surface area (TPSA) is 88.4 Å². The summed E-state index contributed by atoms with van der Waals surface area (Å²) < 4.78 is 11.0. The fourth-order valence-electron chi connectivity index (χ4n) is 3.36. The number of amides is 1. The number of para-hydroxylation sites is 1. The lowest BCUT2D eigenvalue weighted by atomic mass is 10.1. The van der Waals surface area contributed by atoms with Crippen LogP contribution in [-0.4, -0.2) is 47.3 Å². The Labute approximate surface area is 207 Å². The molecule has 3 aromatic rings. The van der Waals surface area contributed by atoms with Gasteiger partial charge in [-0.2, -0.15) is 0 Å². The molecule has 1 fully saturated rings. The van der Waals surface area contributed by atoms with Crippen LogP contribution in [0.4, 0.5) is 5.69 Å². The first-order valence-corrected chi connectivity index (χ1v) is 11.7. The number of nitrogens with zero attached hydrogens (tertiary/aromatic N) is 2. The van der Waals surface area contributed by atoms with E-state index in [2.05, 4.69) is 4.99 Å². The fraction of sp³-hybridized carbons (Fsp3) is 0.148. The smallest absolute Gasteiger partial charge is 0.335 e. The minimum Gasteiger partial charge on any atom is -0.489 e. The number of rotatable bonds is 9. The van der Waals surface area contributed by atoms with Gasteiger partial charge in [-0.1, -0.05) is 42.5 Å². The van der Waals surface area contributed by atoms with E-state index in [-0.39, 0.29) is 18.1 Å². The molecule has 0 aliphatic carbocycles. The molecule has 0 atom stereocenters. The number of methoxy groups -OCH3 is 1.